The number of anilines is 1. The highest BCUT2D eigenvalue weighted by molar-refractivity contribution is 5.49. The fourth-order valence-electron chi connectivity index (χ4n) is 4.38. The van der Waals surface area contributed by atoms with E-state index in [2.05, 4.69) is 0 Å². The van der Waals surface area contributed by atoms with E-state index in [1.165, 1.54) is 25.3 Å². The second kappa shape index (κ2) is 7.52. The fourth-order valence-corrected chi connectivity index (χ4v) is 4.38. The van der Waals surface area contributed by atoms with Crippen LogP contribution in [0.3, 0.4) is 0 Å². The highest BCUT2D eigenvalue weighted by atomic mass is 19.4. The van der Waals surface area contributed by atoms with Gasteiger partial charge in [-0.1, -0.05) is 12.8 Å². The van der Waals surface area contributed by atoms with Gasteiger partial charge in [0.15, 0.2) is 0 Å². The van der Waals surface area contributed by atoms with E-state index in [1.807, 2.05) is 4.90 Å². The highest BCUT2D eigenvalue weighted by Gasteiger charge is 2.34. The number of hydrogen-bond donors (Lipinski definition) is 1. The Bertz CT molecular complexity index is 587. The quantitative estimate of drug-likeness (QED) is 0.773. The van der Waals surface area contributed by atoms with Gasteiger partial charge in [-0.3, -0.25) is 0 Å². The minimum atomic E-state index is -4.65. The summed E-state index contributed by atoms with van der Waals surface area (Å²) in [6.45, 7) is 1.53. The average Bonchev–Trinajstić information content (AvgIpc) is 2.56. The van der Waals surface area contributed by atoms with Crippen LogP contribution in [0.25, 0.3) is 0 Å². The van der Waals surface area contributed by atoms with Crippen molar-refractivity contribution in [3.05, 3.63) is 29.6 Å². The van der Waals surface area contributed by atoms with Crippen LogP contribution >= 0.6 is 0 Å². The van der Waals surface area contributed by atoms with Crippen LogP contribution < -0.4 is 10.6 Å². The van der Waals surface area contributed by atoms with Crippen molar-refractivity contribution in [1.82, 2.24) is 0 Å². The predicted octanol–water partition coefficient (Wildman–Crippen LogP) is 4.97. The van der Waals surface area contributed by atoms with E-state index >= 15 is 0 Å². The highest BCUT2D eigenvalue weighted by Crippen LogP contribution is 2.36. The van der Waals surface area contributed by atoms with Gasteiger partial charge in [-0.05, 0) is 62.1 Å². The number of piperidine rings is 1. The topological polar surface area (TPSA) is 29.3 Å². The maximum absolute atomic E-state index is 13.9. The van der Waals surface area contributed by atoms with E-state index in [0.717, 1.165) is 50.9 Å². The number of nitrogens with two attached hydrogens (primary N) is 1. The Morgan fingerprint density at radius 2 is 1.84 bits per heavy atom. The molecule has 1 aromatic carbocycles. The first kappa shape index (κ1) is 18.5. The first-order valence-electron chi connectivity index (χ1n) is 9.22. The van der Waals surface area contributed by atoms with E-state index in [1.54, 1.807) is 0 Å². The summed E-state index contributed by atoms with van der Waals surface area (Å²) < 4.78 is 52.0. The molecule has 3 rings (SSSR count). The first-order valence-corrected chi connectivity index (χ1v) is 9.22. The minimum absolute atomic E-state index is 0.271. The van der Waals surface area contributed by atoms with Gasteiger partial charge in [0.05, 0.1) is 5.56 Å². The van der Waals surface area contributed by atoms with Gasteiger partial charge in [0.1, 0.15) is 5.82 Å². The Labute approximate surface area is 146 Å². The summed E-state index contributed by atoms with van der Waals surface area (Å²) in [6.07, 6.45) is 3.22. The number of hydrogen-bond acceptors (Lipinski definition) is 2. The van der Waals surface area contributed by atoms with E-state index in [-0.39, 0.29) is 6.04 Å². The van der Waals surface area contributed by atoms with E-state index in [0.29, 0.717) is 17.5 Å². The van der Waals surface area contributed by atoms with Crippen LogP contribution in [0.15, 0.2) is 18.2 Å². The molecule has 140 valence electrons. The molecule has 1 saturated heterocycles. The van der Waals surface area contributed by atoms with Crippen LogP contribution in [0.4, 0.5) is 23.2 Å². The molecular formula is C19H26F4N2. The Kier molecular flexibility index (Phi) is 5.56. The third-order valence-electron chi connectivity index (χ3n) is 5.75. The molecule has 1 heterocycles. The molecule has 1 unspecified atom stereocenters. The maximum atomic E-state index is 13.9. The molecule has 0 radical (unpaired) electrons. The first-order chi connectivity index (χ1) is 11.8. The largest absolute Gasteiger partial charge is 0.419 e. The second-order valence-corrected chi connectivity index (χ2v) is 7.56. The molecule has 0 spiro atoms. The Balaban J connectivity index is 1.66. The molecule has 2 fully saturated rings. The summed E-state index contributed by atoms with van der Waals surface area (Å²) in [4.78, 5) is 2.02. The van der Waals surface area contributed by atoms with Gasteiger partial charge in [0, 0.05) is 24.8 Å². The van der Waals surface area contributed by atoms with Gasteiger partial charge in [0.25, 0.3) is 0 Å². The van der Waals surface area contributed by atoms with Gasteiger partial charge in [0.2, 0.25) is 0 Å². The van der Waals surface area contributed by atoms with Crippen LogP contribution in [0.2, 0.25) is 0 Å². The number of benzene rings is 1. The minimum Gasteiger partial charge on any atom is -0.371 e. The maximum Gasteiger partial charge on any atom is 0.419 e. The van der Waals surface area contributed by atoms with Crippen LogP contribution in [0.1, 0.15) is 50.5 Å². The summed E-state index contributed by atoms with van der Waals surface area (Å²) in [5, 5.41) is 0. The summed E-state index contributed by atoms with van der Waals surface area (Å²) in [5.74, 6) is -0.169. The van der Waals surface area contributed by atoms with Crippen molar-refractivity contribution in [2.75, 3.05) is 18.0 Å². The normalized spacial score (nSPS) is 28.2. The molecule has 1 saturated carbocycles. The van der Waals surface area contributed by atoms with Crippen molar-refractivity contribution in [2.24, 2.45) is 17.6 Å². The van der Waals surface area contributed by atoms with E-state index < -0.39 is 17.6 Å². The molecule has 2 nitrogen and oxygen atoms in total. The molecule has 0 amide bonds. The summed E-state index contributed by atoms with van der Waals surface area (Å²) in [5.41, 5.74) is 5.60. The molecule has 2 N–H and O–H groups in total. The van der Waals surface area contributed by atoms with Crippen molar-refractivity contribution in [1.29, 1.82) is 0 Å². The number of alkyl halides is 3. The van der Waals surface area contributed by atoms with Crippen molar-refractivity contribution in [3.8, 4) is 0 Å². The van der Waals surface area contributed by atoms with E-state index in [4.69, 9.17) is 5.73 Å². The fraction of sp³-hybridized carbons (Fsp3) is 0.684. The number of nitrogens with zero attached hydrogens (tertiary/aromatic N) is 1. The lowest BCUT2D eigenvalue weighted by Crippen LogP contribution is -2.39. The van der Waals surface area contributed by atoms with E-state index in [9.17, 15) is 17.6 Å². The third kappa shape index (κ3) is 4.46. The van der Waals surface area contributed by atoms with Gasteiger partial charge in [-0.15, -0.1) is 0 Å². The zero-order valence-electron chi connectivity index (χ0n) is 14.4. The monoisotopic (exact) mass is 358 g/mol. The zero-order chi connectivity index (χ0) is 18.0. The predicted molar refractivity (Wildman–Crippen MR) is 90.9 cm³/mol. The van der Waals surface area contributed by atoms with Crippen molar-refractivity contribution >= 4 is 5.69 Å². The lowest BCUT2D eigenvalue weighted by Gasteiger charge is -2.38. The summed E-state index contributed by atoms with van der Waals surface area (Å²) >= 11 is 0. The van der Waals surface area contributed by atoms with Crippen LogP contribution in [-0.2, 0) is 6.18 Å². The van der Waals surface area contributed by atoms with Crippen molar-refractivity contribution in [2.45, 2.75) is 57.2 Å². The summed E-state index contributed by atoms with van der Waals surface area (Å²) in [7, 11) is 0. The molecule has 25 heavy (non-hydrogen) atoms. The molecule has 6 heteroatoms. The smallest absolute Gasteiger partial charge is 0.371 e. The van der Waals surface area contributed by atoms with Crippen molar-refractivity contribution in [3.63, 3.8) is 0 Å². The standard InChI is InChI=1S/C19H26F4N2/c20-17-11-15(7-8-16(17)19(21,22)23)25-9-3-4-13(12-25)10-14-5-1-2-6-18(14)24/h7-8,11,13-14,18H,1-6,9-10,12,24H2/t13?,14-,18+/m0/s1. The molecule has 0 aromatic heterocycles. The lowest BCUT2D eigenvalue weighted by atomic mass is 9.77. The molecule has 1 aromatic rings. The third-order valence-corrected chi connectivity index (χ3v) is 5.75. The van der Waals surface area contributed by atoms with Gasteiger partial charge >= 0.3 is 6.18 Å². The Morgan fingerprint density at radius 1 is 1.08 bits per heavy atom. The number of rotatable bonds is 3. The van der Waals surface area contributed by atoms with Crippen LogP contribution in [0.5, 0.6) is 0 Å². The molecular weight excluding hydrogens is 332 g/mol. The Morgan fingerprint density at radius 3 is 2.52 bits per heavy atom. The molecule has 2 aliphatic rings. The molecule has 0 bridgehead atoms. The van der Waals surface area contributed by atoms with Gasteiger partial charge < -0.3 is 10.6 Å². The van der Waals surface area contributed by atoms with Crippen molar-refractivity contribution < 1.29 is 17.6 Å². The van der Waals surface area contributed by atoms with Gasteiger partial charge in [-0.2, -0.15) is 13.2 Å². The average molecular weight is 358 g/mol. The lowest BCUT2D eigenvalue weighted by molar-refractivity contribution is -0.139. The molecule has 3 atom stereocenters. The van der Waals surface area contributed by atoms with Crippen LogP contribution in [0, 0.1) is 17.7 Å². The number of halogens is 4. The molecule has 1 aliphatic carbocycles. The molecule has 1 aliphatic heterocycles. The zero-order valence-corrected chi connectivity index (χ0v) is 14.4. The SMILES string of the molecule is N[C@@H]1CCCC[C@H]1CC1CCCN(c2ccc(C(F)(F)F)c(F)c2)C1. The Hall–Kier alpha value is -1.30. The van der Waals surface area contributed by atoms with Gasteiger partial charge in [-0.25, -0.2) is 4.39 Å². The second-order valence-electron chi connectivity index (χ2n) is 7.56. The van der Waals surface area contributed by atoms with Crippen LogP contribution in [-0.4, -0.2) is 19.1 Å². The summed E-state index contributed by atoms with van der Waals surface area (Å²) in [6, 6.07) is 3.54.